The maximum absolute atomic E-state index is 13.9. The average Bonchev–Trinajstić information content (AvgIpc) is 3.49. The Morgan fingerprint density at radius 3 is 2.46 bits per heavy atom. The Kier molecular flexibility index (Phi) is 7.07. The number of carbonyl (C=O) groups excluding carboxylic acids is 1. The summed E-state index contributed by atoms with van der Waals surface area (Å²) < 4.78 is 7.68. The van der Waals surface area contributed by atoms with Gasteiger partial charge in [0.1, 0.15) is 27.2 Å². The molecular formula is C25H30N6O5S. The van der Waals surface area contributed by atoms with Crippen LogP contribution >= 0.6 is 11.3 Å². The second kappa shape index (κ2) is 9.94. The maximum Gasteiger partial charge on any atom is 0.333 e. The lowest BCUT2D eigenvalue weighted by Crippen LogP contribution is -2.56. The van der Waals surface area contributed by atoms with Crippen LogP contribution in [0.1, 0.15) is 44.9 Å². The Hall–Kier alpha value is -3.77. The molecule has 0 bridgehead atoms. The number of hydrogen-bond acceptors (Lipinski definition) is 8. The van der Waals surface area contributed by atoms with Gasteiger partial charge in [-0.2, -0.15) is 10.2 Å². The molecule has 0 aliphatic heterocycles. The molecule has 4 rings (SSSR count). The summed E-state index contributed by atoms with van der Waals surface area (Å²) in [5.41, 5.74) is -1.77. The van der Waals surface area contributed by atoms with E-state index in [1.807, 2.05) is 0 Å². The molecule has 3 heterocycles. The number of ether oxygens (including phenoxy) is 1. The summed E-state index contributed by atoms with van der Waals surface area (Å²) in [6.07, 6.45) is 1.89. The van der Waals surface area contributed by atoms with Crippen LogP contribution in [0.15, 0.2) is 46.2 Å². The Balaban J connectivity index is 2.00. The topological polar surface area (TPSA) is 133 Å². The molecule has 4 aromatic rings. The van der Waals surface area contributed by atoms with Gasteiger partial charge >= 0.3 is 5.69 Å². The molecule has 196 valence electrons. The molecule has 12 heteroatoms. The first-order valence-corrected chi connectivity index (χ1v) is 12.6. The minimum Gasteiger partial charge on any atom is -0.496 e. The van der Waals surface area contributed by atoms with Crippen LogP contribution in [0.3, 0.4) is 0 Å². The first kappa shape index (κ1) is 26.3. The van der Waals surface area contributed by atoms with Gasteiger partial charge in [0.2, 0.25) is 5.91 Å². The molecule has 1 aromatic carbocycles. The highest BCUT2D eigenvalue weighted by atomic mass is 32.1. The normalized spacial score (nSPS) is 12.8. The largest absolute Gasteiger partial charge is 0.496 e. The highest BCUT2D eigenvalue weighted by Gasteiger charge is 2.36. The van der Waals surface area contributed by atoms with Gasteiger partial charge in [-0.05, 0) is 40.7 Å². The fourth-order valence-electron chi connectivity index (χ4n) is 4.25. The molecule has 3 aromatic heterocycles. The van der Waals surface area contributed by atoms with Gasteiger partial charge in [0.25, 0.3) is 5.56 Å². The smallest absolute Gasteiger partial charge is 0.333 e. The fraction of sp³-hybridized carbons (Fsp3) is 0.400. The van der Waals surface area contributed by atoms with Crippen LogP contribution in [0, 0.1) is 6.92 Å². The predicted molar refractivity (Wildman–Crippen MR) is 141 cm³/mol. The standard InChI is InChI=1S/C25H30N6O5S/c1-14(2)28-23(34)25(4,5)30-20(33)19-15(3)21(31-26-11-12-27-31)37-22(19)29(24(30)35)13-17(32)16-9-7-8-10-18(16)36-6/h7-12,14,17,32H,13H2,1-6H3,(H,28,34). The zero-order valence-electron chi connectivity index (χ0n) is 21.6. The van der Waals surface area contributed by atoms with Crippen LogP contribution in [0.2, 0.25) is 0 Å². The molecule has 1 amide bonds. The van der Waals surface area contributed by atoms with Crippen molar-refractivity contribution >= 4 is 27.5 Å². The summed E-state index contributed by atoms with van der Waals surface area (Å²) in [4.78, 5) is 42.6. The number of nitrogens with zero attached hydrogens (tertiary/aromatic N) is 5. The van der Waals surface area contributed by atoms with E-state index in [-0.39, 0.29) is 18.0 Å². The van der Waals surface area contributed by atoms with E-state index in [1.54, 1.807) is 45.0 Å². The number of carbonyl (C=O) groups is 1. The summed E-state index contributed by atoms with van der Waals surface area (Å²) in [7, 11) is 1.50. The number of fused-ring (bicyclic) bond motifs is 1. The molecular weight excluding hydrogens is 496 g/mol. The van der Waals surface area contributed by atoms with Crippen LogP contribution in [0.5, 0.6) is 5.75 Å². The third-order valence-corrected chi connectivity index (χ3v) is 7.46. The molecule has 0 spiro atoms. The van der Waals surface area contributed by atoms with E-state index in [0.717, 1.165) is 4.57 Å². The first-order valence-electron chi connectivity index (χ1n) is 11.8. The minimum absolute atomic E-state index is 0.177. The van der Waals surface area contributed by atoms with Crippen LogP contribution in [-0.2, 0) is 16.9 Å². The van der Waals surface area contributed by atoms with Gasteiger partial charge < -0.3 is 15.2 Å². The Labute approximate surface area is 216 Å². The summed E-state index contributed by atoms with van der Waals surface area (Å²) >= 11 is 1.17. The van der Waals surface area contributed by atoms with Crippen molar-refractivity contribution in [3.63, 3.8) is 0 Å². The Morgan fingerprint density at radius 1 is 1.19 bits per heavy atom. The number of methoxy groups -OCH3 is 1. The number of benzene rings is 1. The number of thiophene rings is 1. The Morgan fingerprint density at radius 2 is 1.84 bits per heavy atom. The molecule has 1 atom stereocenters. The van der Waals surface area contributed by atoms with Crippen molar-refractivity contribution < 1.29 is 14.6 Å². The van der Waals surface area contributed by atoms with Crippen molar-refractivity contribution in [3.05, 3.63) is 68.6 Å². The van der Waals surface area contributed by atoms with E-state index in [4.69, 9.17) is 4.74 Å². The summed E-state index contributed by atoms with van der Waals surface area (Å²) in [6.45, 7) is 8.22. The second-order valence-corrected chi connectivity index (χ2v) is 10.5. The number of aliphatic hydroxyl groups excluding tert-OH is 1. The van der Waals surface area contributed by atoms with Crippen molar-refractivity contribution in [2.45, 2.75) is 58.8 Å². The lowest BCUT2D eigenvalue weighted by atomic mass is 10.0. The molecule has 0 fully saturated rings. The third-order valence-electron chi connectivity index (χ3n) is 6.18. The van der Waals surface area contributed by atoms with Crippen LogP contribution < -0.4 is 21.3 Å². The molecule has 11 nitrogen and oxygen atoms in total. The summed E-state index contributed by atoms with van der Waals surface area (Å²) in [5.74, 6) is -0.00669. The number of para-hydroxylation sites is 1. The van der Waals surface area contributed by atoms with Crippen molar-refractivity contribution in [2.24, 2.45) is 0 Å². The monoisotopic (exact) mass is 526 g/mol. The second-order valence-electron chi connectivity index (χ2n) is 9.51. The molecule has 0 aliphatic carbocycles. The first-order chi connectivity index (χ1) is 17.5. The van der Waals surface area contributed by atoms with E-state index in [0.29, 0.717) is 26.7 Å². The molecule has 1 unspecified atom stereocenters. The molecule has 0 saturated carbocycles. The number of amides is 1. The number of aryl methyl sites for hydroxylation is 1. The molecule has 0 saturated heterocycles. The summed E-state index contributed by atoms with van der Waals surface area (Å²) in [6, 6.07) is 6.77. The Bertz CT molecular complexity index is 1560. The fourth-order valence-corrected chi connectivity index (χ4v) is 5.47. The lowest BCUT2D eigenvalue weighted by molar-refractivity contribution is -0.129. The zero-order chi connectivity index (χ0) is 27.1. The SMILES string of the molecule is COc1ccccc1C(O)Cn1c(=O)n(C(C)(C)C(=O)NC(C)C)c(=O)c2c(C)c(-n3nccn3)sc21. The van der Waals surface area contributed by atoms with Crippen molar-refractivity contribution in [1.29, 1.82) is 0 Å². The van der Waals surface area contributed by atoms with E-state index in [9.17, 15) is 19.5 Å². The van der Waals surface area contributed by atoms with Crippen LogP contribution in [0.4, 0.5) is 0 Å². The van der Waals surface area contributed by atoms with E-state index in [2.05, 4.69) is 15.5 Å². The number of rotatable bonds is 8. The zero-order valence-corrected chi connectivity index (χ0v) is 22.4. The van der Waals surface area contributed by atoms with E-state index in [1.165, 1.54) is 54.1 Å². The van der Waals surface area contributed by atoms with Gasteiger partial charge in [-0.25, -0.2) is 9.36 Å². The summed E-state index contributed by atoms with van der Waals surface area (Å²) in [5, 5.41) is 23.2. The van der Waals surface area contributed by atoms with Crippen LogP contribution in [0.25, 0.3) is 15.2 Å². The maximum atomic E-state index is 13.9. The molecule has 0 radical (unpaired) electrons. The number of aromatic nitrogens is 5. The van der Waals surface area contributed by atoms with E-state index < -0.39 is 28.8 Å². The minimum atomic E-state index is -1.51. The number of hydrogen-bond donors (Lipinski definition) is 2. The molecule has 2 N–H and O–H groups in total. The number of aliphatic hydroxyl groups is 1. The average molecular weight is 527 g/mol. The third kappa shape index (κ3) is 4.58. The quantitative estimate of drug-likeness (QED) is 0.359. The van der Waals surface area contributed by atoms with Gasteiger partial charge in [-0.3, -0.25) is 14.2 Å². The van der Waals surface area contributed by atoms with Crippen molar-refractivity contribution in [1.82, 2.24) is 29.4 Å². The molecule has 0 aliphatic rings. The lowest BCUT2D eigenvalue weighted by Gasteiger charge is -2.28. The van der Waals surface area contributed by atoms with Crippen molar-refractivity contribution in [2.75, 3.05) is 7.11 Å². The van der Waals surface area contributed by atoms with Gasteiger partial charge in [-0.1, -0.05) is 29.5 Å². The predicted octanol–water partition coefficient (Wildman–Crippen LogP) is 2.12. The highest BCUT2D eigenvalue weighted by molar-refractivity contribution is 7.21. The van der Waals surface area contributed by atoms with Crippen LogP contribution in [-0.4, -0.2) is 48.3 Å². The highest BCUT2D eigenvalue weighted by Crippen LogP contribution is 2.32. The van der Waals surface area contributed by atoms with Gasteiger partial charge in [0.15, 0.2) is 0 Å². The van der Waals surface area contributed by atoms with Crippen molar-refractivity contribution in [3.8, 4) is 10.8 Å². The van der Waals surface area contributed by atoms with Gasteiger partial charge in [-0.15, -0.1) is 4.80 Å². The van der Waals surface area contributed by atoms with E-state index >= 15 is 0 Å². The van der Waals surface area contributed by atoms with Gasteiger partial charge in [0, 0.05) is 17.2 Å². The number of nitrogens with one attached hydrogen (secondary N) is 1. The van der Waals surface area contributed by atoms with Gasteiger partial charge in [0.05, 0.1) is 31.4 Å². The molecule has 37 heavy (non-hydrogen) atoms.